The number of aliphatic hydroxyl groups is 2. The van der Waals surface area contributed by atoms with Gasteiger partial charge in [0.15, 0.2) is 0 Å². The lowest BCUT2D eigenvalue weighted by atomic mass is 9.39. The van der Waals surface area contributed by atoms with Gasteiger partial charge in [-0.25, -0.2) is 4.79 Å². The first-order valence-electron chi connectivity index (χ1n) is 12.4. The molecule has 32 heavy (non-hydrogen) atoms. The maximum Gasteiger partial charge on any atom is 0.338 e. The summed E-state index contributed by atoms with van der Waals surface area (Å²) < 4.78 is 6.34. The van der Waals surface area contributed by atoms with Crippen LogP contribution in [0.5, 0.6) is 0 Å². The van der Waals surface area contributed by atoms with Crippen LogP contribution in [-0.4, -0.2) is 58.0 Å². The molecule has 1 aromatic rings. The van der Waals surface area contributed by atoms with Crippen molar-refractivity contribution in [3.05, 3.63) is 48.0 Å². The first-order chi connectivity index (χ1) is 15.4. The summed E-state index contributed by atoms with van der Waals surface area (Å²) in [7, 11) is 0. The first-order valence-corrected chi connectivity index (χ1v) is 12.4. The van der Waals surface area contributed by atoms with Crippen molar-refractivity contribution in [2.75, 3.05) is 6.54 Å². The second-order valence-corrected chi connectivity index (χ2v) is 12.3. The zero-order valence-electron chi connectivity index (χ0n) is 18.5. The monoisotopic (exact) mass is 433 g/mol. The van der Waals surface area contributed by atoms with E-state index in [4.69, 9.17) is 4.74 Å². The van der Waals surface area contributed by atoms with Gasteiger partial charge in [-0.1, -0.05) is 37.3 Å². The van der Waals surface area contributed by atoms with E-state index in [1.165, 1.54) is 0 Å². The summed E-state index contributed by atoms with van der Waals surface area (Å²) in [6, 6.07) is 9.59. The van der Waals surface area contributed by atoms with Gasteiger partial charge in [-0.3, -0.25) is 4.90 Å². The Kier molecular flexibility index (Phi) is 3.12. The lowest BCUT2D eigenvalue weighted by Gasteiger charge is -2.66. The van der Waals surface area contributed by atoms with Crippen molar-refractivity contribution in [1.82, 2.24) is 4.90 Å². The smallest absolute Gasteiger partial charge is 0.338 e. The van der Waals surface area contributed by atoms with Crippen LogP contribution in [-0.2, 0) is 4.74 Å². The van der Waals surface area contributed by atoms with Gasteiger partial charge in [0.2, 0.25) is 0 Å². The molecular weight excluding hydrogens is 402 g/mol. The van der Waals surface area contributed by atoms with Crippen LogP contribution >= 0.6 is 0 Å². The van der Waals surface area contributed by atoms with E-state index in [0.29, 0.717) is 17.4 Å². The van der Waals surface area contributed by atoms with Crippen LogP contribution in [0.1, 0.15) is 43.0 Å². The molecule has 2 N–H and O–H groups in total. The highest BCUT2D eigenvalue weighted by Crippen LogP contribution is 2.87. The summed E-state index contributed by atoms with van der Waals surface area (Å²) in [4.78, 5) is 15.7. The van der Waals surface area contributed by atoms with Crippen LogP contribution in [0.15, 0.2) is 42.5 Å². The minimum atomic E-state index is -0.433. The SMILES string of the molecule is C=C1CC23[C@@H]4C(OC(=O)c5ccccc5)[C@H]1C[C@H]2C12C(O)CC[C@@]5(C)CN(C41)[C@H]([C@H]3O)[C@@H]25. The number of hydrogen-bond donors (Lipinski definition) is 2. The molecule has 2 spiro atoms. The molecular formula is C27H31NO4. The minimum Gasteiger partial charge on any atom is -0.458 e. The Balaban J connectivity index is 1.30. The second-order valence-electron chi connectivity index (χ2n) is 12.3. The van der Waals surface area contributed by atoms with Crippen LogP contribution < -0.4 is 0 Å². The number of rotatable bonds is 2. The molecule has 9 aliphatic rings. The molecule has 0 amide bonds. The van der Waals surface area contributed by atoms with Crippen molar-refractivity contribution in [2.45, 2.75) is 63.0 Å². The molecule has 13 atom stereocenters. The van der Waals surface area contributed by atoms with Gasteiger partial charge in [-0.2, -0.15) is 0 Å². The quantitative estimate of drug-likeness (QED) is 0.554. The molecule has 9 fully saturated rings. The fourth-order valence-corrected chi connectivity index (χ4v) is 11.2. The highest BCUT2D eigenvalue weighted by atomic mass is 16.5. The molecule has 5 heteroatoms. The summed E-state index contributed by atoms with van der Waals surface area (Å²) in [5.74, 6) is 0.574. The summed E-state index contributed by atoms with van der Waals surface area (Å²) in [5, 5.41) is 23.7. The van der Waals surface area contributed by atoms with Gasteiger partial charge in [0, 0.05) is 41.3 Å². The Bertz CT molecular complexity index is 1070. The van der Waals surface area contributed by atoms with Crippen LogP contribution in [0.2, 0.25) is 0 Å². The summed E-state index contributed by atoms with van der Waals surface area (Å²) in [6.45, 7) is 7.82. The number of fused-ring (bicyclic) bond motifs is 1. The van der Waals surface area contributed by atoms with E-state index < -0.39 is 6.10 Å². The molecule has 6 aliphatic carbocycles. The van der Waals surface area contributed by atoms with Gasteiger partial charge in [0.05, 0.1) is 17.8 Å². The number of nitrogens with zero attached hydrogens (tertiary/aromatic N) is 1. The van der Waals surface area contributed by atoms with Crippen molar-refractivity contribution in [2.24, 2.45) is 39.9 Å². The Labute approximate surface area is 188 Å². The molecule has 168 valence electrons. The predicted octanol–water partition coefficient (Wildman–Crippen LogP) is 2.63. The summed E-state index contributed by atoms with van der Waals surface area (Å²) in [6.07, 6.45) is 2.60. The maximum atomic E-state index is 13.2. The Morgan fingerprint density at radius 3 is 2.81 bits per heavy atom. The first kappa shape index (κ1) is 18.7. The van der Waals surface area contributed by atoms with Gasteiger partial charge < -0.3 is 14.9 Å². The molecule has 3 heterocycles. The van der Waals surface area contributed by atoms with E-state index in [2.05, 4.69) is 18.4 Å². The van der Waals surface area contributed by atoms with Crippen molar-refractivity contribution in [3.63, 3.8) is 0 Å². The molecule has 5 nitrogen and oxygen atoms in total. The lowest BCUT2D eigenvalue weighted by molar-refractivity contribution is -0.227. The average Bonchev–Trinajstić information content (AvgIpc) is 3.28. The highest BCUT2D eigenvalue weighted by Gasteiger charge is 2.92. The minimum absolute atomic E-state index is 0.0814. The number of hydrogen-bond acceptors (Lipinski definition) is 5. The van der Waals surface area contributed by atoms with E-state index in [0.717, 1.165) is 37.8 Å². The molecule has 10 rings (SSSR count). The summed E-state index contributed by atoms with van der Waals surface area (Å²) in [5.41, 5.74) is 1.42. The summed E-state index contributed by atoms with van der Waals surface area (Å²) >= 11 is 0. The zero-order chi connectivity index (χ0) is 21.8. The van der Waals surface area contributed by atoms with Crippen molar-refractivity contribution in [1.29, 1.82) is 0 Å². The Hall–Kier alpha value is -1.69. The fraction of sp³-hybridized carbons (Fsp3) is 0.667. The third-order valence-electron chi connectivity index (χ3n) is 11.6. The molecule has 3 aliphatic heterocycles. The van der Waals surface area contributed by atoms with Gasteiger partial charge >= 0.3 is 5.97 Å². The molecule has 0 aromatic heterocycles. The number of esters is 1. The normalized spacial score (nSPS) is 59.7. The highest BCUT2D eigenvalue weighted by molar-refractivity contribution is 5.89. The number of carbonyl (C=O) groups excluding carboxylic acids is 1. The van der Waals surface area contributed by atoms with E-state index in [1.807, 2.05) is 18.2 Å². The molecule has 6 unspecified atom stereocenters. The van der Waals surface area contributed by atoms with E-state index in [-0.39, 0.29) is 58.3 Å². The van der Waals surface area contributed by atoms with E-state index >= 15 is 0 Å². The van der Waals surface area contributed by atoms with E-state index in [9.17, 15) is 15.0 Å². The van der Waals surface area contributed by atoms with Crippen molar-refractivity contribution >= 4 is 5.97 Å². The molecule has 6 saturated carbocycles. The predicted molar refractivity (Wildman–Crippen MR) is 116 cm³/mol. The third-order valence-corrected chi connectivity index (χ3v) is 11.6. The van der Waals surface area contributed by atoms with E-state index in [1.54, 1.807) is 12.1 Å². The Morgan fingerprint density at radius 1 is 1.25 bits per heavy atom. The number of ether oxygens (including phenoxy) is 1. The fourth-order valence-electron chi connectivity index (χ4n) is 11.2. The molecule has 9 bridgehead atoms. The second kappa shape index (κ2) is 5.34. The van der Waals surface area contributed by atoms with Gasteiger partial charge in [-0.15, -0.1) is 0 Å². The number of piperidine rings is 2. The molecule has 0 radical (unpaired) electrons. The maximum absolute atomic E-state index is 13.2. The molecule has 3 saturated heterocycles. The van der Waals surface area contributed by atoms with Crippen LogP contribution in [0.4, 0.5) is 0 Å². The standard InChI is InChI=1S/C27H31NO4/c1-13-11-26-16-10-15(13)20(32-24(31)14-6-4-3-5-7-14)18(26)22-27(16)17(29)8-9-25(2)12-28(22)19(21(25)27)23(26)30/h3-7,15-23,29-30H,1,8-12H2,2H3/t15-,16+,17?,18+,19-,20?,21+,22?,23+,25-,26?,27?/m0/s1. The average molecular weight is 434 g/mol. The van der Waals surface area contributed by atoms with Crippen LogP contribution in [0, 0.1) is 39.9 Å². The third kappa shape index (κ3) is 1.62. The largest absolute Gasteiger partial charge is 0.458 e. The van der Waals surface area contributed by atoms with Crippen LogP contribution in [0.25, 0.3) is 0 Å². The van der Waals surface area contributed by atoms with Gasteiger partial charge in [-0.05, 0) is 55.1 Å². The topological polar surface area (TPSA) is 70.0 Å². The van der Waals surface area contributed by atoms with Gasteiger partial charge in [0.25, 0.3) is 0 Å². The zero-order valence-corrected chi connectivity index (χ0v) is 18.5. The van der Waals surface area contributed by atoms with Crippen molar-refractivity contribution < 1.29 is 19.7 Å². The van der Waals surface area contributed by atoms with Crippen molar-refractivity contribution in [3.8, 4) is 0 Å². The van der Waals surface area contributed by atoms with Crippen LogP contribution in [0.3, 0.4) is 0 Å². The number of benzene rings is 1. The molecule has 1 aromatic carbocycles. The lowest BCUT2D eigenvalue weighted by Crippen LogP contribution is -2.70. The number of carbonyl (C=O) groups is 1. The van der Waals surface area contributed by atoms with Gasteiger partial charge in [0.1, 0.15) is 6.10 Å². The Morgan fingerprint density at radius 2 is 2.03 bits per heavy atom. The number of aliphatic hydroxyl groups excluding tert-OH is 2.